The molecule has 0 radical (unpaired) electrons. The van der Waals surface area contributed by atoms with Gasteiger partial charge in [0, 0.05) is 24.2 Å². The molecule has 0 spiro atoms. The number of halogens is 2. The van der Waals surface area contributed by atoms with Crippen molar-refractivity contribution in [2.24, 2.45) is 4.36 Å². The molecule has 1 unspecified atom stereocenters. The van der Waals surface area contributed by atoms with Crippen molar-refractivity contribution in [1.29, 1.82) is 0 Å². The van der Waals surface area contributed by atoms with Crippen LogP contribution in [-0.2, 0) is 21.1 Å². The second kappa shape index (κ2) is 12.1. The molecule has 174 valence electrons. The molecule has 1 heterocycles. The van der Waals surface area contributed by atoms with Crippen molar-refractivity contribution < 1.29 is 13.7 Å². The number of unbranched alkanes of at least 4 members (excludes halogenated alkanes) is 1. The molecule has 33 heavy (non-hydrogen) atoms. The second-order valence-electron chi connectivity index (χ2n) is 7.02. The highest BCUT2D eigenvalue weighted by molar-refractivity contribution is 14.1. The van der Waals surface area contributed by atoms with Gasteiger partial charge in [-0.05, 0) is 70.8 Å². The molecule has 1 atom stereocenters. The topological polar surface area (TPSA) is 120 Å². The van der Waals surface area contributed by atoms with Gasteiger partial charge in [-0.2, -0.15) is 4.98 Å². The molecule has 8 nitrogen and oxygen atoms in total. The van der Waals surface area contributed by atoms with Gasteiger partial charge < -0.3 is 15.8 Å². The van der Waals surface area contributed by atoms with Crippen LogP contribution in [0.2, 0.25) is 5.28 Å². The van der Waals surface area contributed by atoms with Gasteiger partial charge in [-0.25, -0.2) is 14.0 Å². The van der Waals surface area contributed by atoms with E-state index in [1.165, 1.54) is 0 Å². The van der Waals surface area contributed by atoms with E-state index in [1.807, 2.05) is 30.3 Å². The van der Waals surface area contributed by atoms with Crippen LogP contribution >= 0.6 is 34.2 Å². The lowest BCUT2D eigenvalue weighted by Crippen LogP contribution is -2.13. The van der Waals surface area contributed by atoms with Crippen LogP contribution in [-0.4, -0.2) is 32.6 Å². The average molecular weight is 600 g/mol. The van der Waals surface area contributed by atoms with Gasteiger partial charge in [-0.3, -0.25) is 0 Å². The van der Waals surface area contributed by atoms with E-state index >= 15 is 0 Å². The summed E-state index contributed by atoms with van der Waals surface area (Å²) in [6.45, 7) is 0.633. The summed E-state index contributed by atoms with van der Waals surface area (Å²) in [5, 5.41) is 3.35. The second-order valence-corrected chi connectivity index (χ2v) is 10.9. The van der Waals surface area contributed by atoms with Crippen LogP contribution in [0.5, 0.6) is 0 Å². The van der Waals surface area contributed by atoms with Crippen LogP contribution in [0.25, 0.3) is 0 Å². The highest BCUT2D eigenvalue weighted by atomic mass is 127. The molecule has 3 rings (SSSR count). The van der Waals surface area contributed by atoms with Crippen molar-refractivity contribution in [2.45, 2.75) is 24.3 Å². The quantitative estimate of drug-likeness (QED) is 0.147. The third-order valence-electron chi connectivity index (χ3n) is 4.51. The van der Waals surface area contributed by atoms with Crippen LogP contribution < -0.4 is 11.1 Å². The highest BCUT2D eigenvalue weighted by Gasteiger charge is 2.17. The molecule has 0 fully saturated rings. The van der Waals surface area contributed by atoms with Crippen LogP contribution in [0, 0.1) is 3.57 Å². The number of nitrogens with one attached hydrogen (secondary N) is 1. The normalized spacial score (nSPS) is 12.5. The van der Waals surface area contributed by atoms with Gasteiger partial charge in [0.15, 0.2) is 0 Å². The first-order valence-electron chi connectivity index (χ1n) is 10.1. The number of hydrogen-bond acceptors (Lipinski definition) is 7. The first-order valence-corrected chi connectivity index (χ1v) is 13.2. The van der Waals surface area contributed by atoms with Crippen molar-refractivity contribution in [1.82, 2.24) is 9.97 Å². The van der Waals surface area contributed by atoms with Crippen molar-refractivity contribution in [3.05, 3.63) is 75.2 Å². The SMILES string of the molecule is Nc1cccc(S(=O)(CCCCNc2nc(Cl)ncc2I)=NC(=O)OCc2ccccc2)c1. The van der Waals surface area contributed by atoms with Gasteiger partial charge in [-0.1, -0.05) is 36.4 Å². The Morgan fingerprint density at radius 1 is 1.18 bits per heavy atom. The van der Waals surface area contributed by atoms with Crippen LogP contribution in [0.3, 0.4) is 0 Å². The number of nitrogens with two attached hydrogens (primary N) is 1. The summed E-state index contributed by atoms with van der Waals surface area (Å²) in [6, 6.07) is 15.9. The summed E-state index contributed by atoms with van der Waals surface area (Å²) < 4.78 is 23.8. The van der Waals surface area contributed by atoms with Crippen LogP contribution in [0.1, 0.15) is 18.4 Å². The maximum atomic E-state index is 13.7. The van der Waals surface area contributed by atoms with E-state index in [2.05, 4.69) is 42.2 Å². The molecule has 11 heteroatoms. The number of carbonyl (C=O) groups is 1. The summed E-state index contributed by atoms with van der Waals surface area (Å²) in [4.78, 5) is 20.9. The Bertz CT molecular complexity index is 1220. The number of aromatic nitrogens is 2. The van der Waals surface area contributed by atoms with Gasteiger partial charge in [0.2, 0.25) is 5.28 Å². The van der Waals surface area contributed by atoms with Gasteiger partial charge in [0.05, 0.1) is 18.2 Å². The predicted octanol–water partition coefficient (Wildman–Crippen LogP) is 5.37. The van der Waals surface area contributed by atoms with Crippen molar-refractivity contribution in [3.8, 4) is 0 Å². The molecule has 0 saturated carbocycles. The lowest BCUT2D eigenvalue weighted by molar-refractivity contribution is 0.151. The summed E-state index contributed by atoms with van der Waals surface area (Å²) in [6.07, 6.45) is 1.98. The Balaban J connectivity index is 1.66. The van der Waals surface area contributed by atoms with E-state index in [0.717, 1.165) is 9.13 Å². The van der Waals surface area contributed by atoms with E-state index in [-0.39, 0.29) is 17.6 Å². The fraction of sp³-hybridized carbons (Fsp3) is 0.227. The average Bonchev–Trinajstić information content (AvgIpc) is 2.80. The Labute approximate surface area is 211 Å². The molecule has 1 amide bonds. The number of nitrogens with zero attached hydrogens (tertiary/aromatic N) is 3. The third kappa shape index (κ3) is 7.83. The first-order chi connectivity index (χ1) is 15.9. The molecular weight excluding hydrogens is 577 g/mol. The number of anilines is 2. The van der Waals surface area contributed by atoms with E-state index in [1.54, 1.807) is 30.5 Å². The van der Waals surface area contributed by atoms with Gasteiger partial charge >= 0.3 is 6.09 Å². The Kier molecular flexibility index (Phi) is 9.27. The molecule has 0 aliphatic heterocycles. The molecule has 1 aromatic heterocycles. The summed E-state index contributed by atoms with van der Waals surface area (Å²) >= 11 is 7.96. The molecule has 3 aromatic rings. The van der Waals surface area contributed by atoms with Gasteiger partial charge in [-0.15, -0.1) is 4.36 Å². The van der Waals surface area contributed by atoms with E-state index in [0.29, 0.717) is 35.8 Å². The number of hydrogen-bond donors (Lipinski definition) is 2. The Morgan fingerprint density at radius 3 is 2.73 bits per heavy atom. The van der Waals surface area contributed by atoms with Crippen molar-refractivity contribution >= 4 is 61.5 Å². The largest absolute Gasteiger partial charge is 0.443 e. The minimum atomic E-state index is -3.06. The zero-order valence-electron chi connectivity index (χ0n) is 17.6. The highest BCUT2D eigenvalue weighted by Crippen LogP contribution is 2.20. The van der Waals surface area contributed by atoms with Gasteiger partial charge in [0.25, 0.3) is 0 Å². The number of amides is 1. The molecule has 3 N–H and O–H groups in total. The van der Waals surface area contributed by atoms with E-state index < -0.39 is 15.8 Å². The van der Waals surface area contributed by atoms with Crippen LogP contribution in [0.15, 0.2) is 70.1 Å². The number of nitrogen functional groups attached to an aromatic ring is 1. The fourth-order valence-electron chi connectivity index (χ4n) is 2.89. The zero-order chi connectivity index (χ0) is 23.7. The summed E-state index contributed by atoms with van der Waals surface area (Å²) in [5.74, 6) is 0.821. The predicted molar refractivity (Wildman–Crippen MR) is 139 cm³/mol. The lowest BCUT2D eigenvalue weighted by Gasteiger charge is -2.12. The standard InChI is InChI=1S/C22H23ClIN5O3S/c23-21-27-14-19(24)20(28-21)26-11-4-5-12-33(31,18-10-6-9-17(25)13-18)29-22(30)32-15-16-7-2-1-3-8-16/h1-3,6-10,13-14H,4-5,11-12,15,25H2,(H,26,27,28). The van der Waals surface area contributed by atoms with Crippen molar-refractivity contribution in [2.75, 3.05) is 23.3 Å². The maximum absolute atomic E-state index is 13.7. The molecular formula is C22H23ClIN5O3S. The fourth-order valence-corrected chi connectivity index (χ4v) is 5.41. The molecule has 0 saturated heterocycles. The zero-order valence-corrected chi connectivity index (χ0v) is 21.3. The number of benzene rings is 2. The monoisotopic (exact) mass is 599 g/mol. The lowest BCUT2D eigenvalue weighted by atomic mass is 10.2. The molecule has 0 aliphatic carbocycles. The molecule has 0 aliphatic rings. The van der Waals surface area contributed by atoms with Crippen molar-refractivity contribution in [3.63, 3.8) is 0 Å². The maximum Gasteiger partial charge on any atom is 0.442 e. The smallest absolute Gasteiger partial charge is 0.442 e. The van der Waals surface area contributed by atoms with Gasteiger partial charge in [0.1, 0.15) is 12.4 Å². The Hall–Kier alpha value is -2.44. The minimum absolute atomic E-state index is 0.0552. The third-order valence-corrected chi connectivity index (χ3v) is 7.76. The number of carbonyl (C=O) groups excluding carboxylic acids is 1. The van der Waals surface area contributed by atoms with Crippen LogP contribution in [0.4, 0.5) is 16.3 Å². The first kappa shape index (κ1) is 25.2. The summed E-state index contributed by atoms with van der Waals surface area (Å²) in [5.41, 5.74) is 7.14. The van der Waals surface area contributed by atoms with E-state index in [4.69, 9.17) is 22.1 Å². The molecule has 0 bridgehead atoms. The Morgan fingerprint density at radius 2 is 1.97 bits per heavy atom. The molecule has 2 aromatic carbocycles. The number of ether oxygens (including phenoxy) is 1. The number of rotatable bonds is 9. The van der Waals surface area contributed by atoms with E-state index in [9.17, 15) is 9.00 Å². The minimum Gasteiger partial charge on any atom is -0.443 e. The summed E-state index contributed by atoms with van der Waals surface area (Å²) in [7, 11) is -3.06.